The summed E-state index contributed by atoms with van der Waals surface area (Å²) < 4.78 is 72.0. The van der Waals surface area contributed by atoms with Gasteiger partial charge in [0.15, 0.2) is 0 Å². The van der Waals surface area contributed by atoms with Gasteiger partial charge >= 0.3 is 27.3 Å². The van der Waals surface area contributed by atoms with Crippen molar-refractivity contribution in [3.05, 3.63) is 28.4 Å². The monoisotopic (exact) mass is 808 g/mol. The number of rotatable bonds is 5. The van der Waals surface area contributed by atoms with Gasteiger partial charge in [-0.15, -0.1) is 0 Å². The Morgan fingerprint density at radius 1 is 1.03 bits per heavy atom. The standard InChI is InChI=1S/C19H17F2I3O7S/c20-19(21,32(27,28)29)16(26)31-18-6-9-1-10(7-18)5-17(4-9,8-18)30-15(25)12-2-11(22)3-13(23)14(12)24/h2-3,9-10H,1,4-8H2,(H,27,28,29). The topological polar surface area (TPSA) is 107 Å². The number of benzene rings is 1. The molecule has 1 aromatic rings. The van der Waals surface area contributed by atoms with E-state index >= 15 is 0 Å². The van der Waals surface area contributed by atoms with Crippen molar-refractivity contribution in [1.29, 1.82) is 0 Å². The number of carbonyl (C=O) groups is 2. The number of hydrogen-bond acceptors (Lipinski definition) is 6. The summed E-state index contributed by atoms with van der Waals surface area (Å²) in [5, 5.41) is -5.06. The lowest BCUT2D eigenvalue weighted by Crippen LogP contribution is -2.62. The first-order valence-corrected chi connectivity index (χ1v) is 14.3. The second-order valence-corrected chi connectivity index (χ2v) is 13.8. The van der Waals surface area contributed by atoms with E-state index in [2.05, 4.69) is 67.8 Å². The van der Waals surface area contributed by atoms with Gasteiger partial charge in [-0.05, 0) is 124 Å². The molecule has 32 heavy (non-hydrogen) atoms. The highest BCUT2D eigenvalue weighted by molar-refractivity contribution is 14.1. The van der Waals surface area contributed by atoms with Crippen LogP contribution in [0.15, 0.2) is 12.1 Å². The molecule has 2 atom stereocenters. The van der Waals surface area contributed by atoms with E-state index < -0.39 is 38.5 Å². The van der Waals surface area contributed by atoms with Crippen molar-refractivity contribution in [3.8, 4) is 0 Å². The summed E-state index contributed by atoms with van der Waals surface area (Å²) in [7, 11) is -5.96. The first-order chi connectivity index (χ1) is 14.7. The summed E-state index contributed by atoms with van der Waals surface area (Å²) in [4.78, 5) is 25.1. The average Bonchev–Trinajstić information content (AvgIpc) is 2.61. The quantitative estimate of drug-likeness (QED) is 0.198. The molecule has 0 saturated heterocycles. The molecule has 4 aliphatic carbocycles. The molecule has 4 aliphatic rings. The number of alkyl halides is 2. The molecule has 4 fully saturated rings. The van der Waals surface area contributed by atoms with E-state index in [1.165, 1.54) is 0 Å². The predicted molar refractivity (Wildman–Crippen MR) is 133 cm³/mol. The van der Waals surface area contributed by atoms with Gasteiger partial charge in [0, 0.05) is 17.1 Å². The minimum absolute atomic E-state index is 0.00803. The fourth-order valence-corrected chi connectivity index (χ4v) is 8.28. The molecule has 0 aliphatic heterocycles. The molecule has 0 heterocycles. The van der Waals surface area contributed by atoms with Gasteiger partial charge in [0.2, 0.25) is 0 Å². The van der Waals surface area contributed by atoms with Crippen LogP contribution in [0.5, 0.6) is 0 Å². The maximum absolute atomic E-state index is 13.9. The molecule has 0 aromatic heterocycles. The summed E-state index contributed by atoms with van der Waals surface area (Å²) in [5.41, 5.74) is -1.94. The lowest BCUT2D eigenvalue weighted by Gasteiger charge is -2.60. The van der Waals surface area contributed by atoms with E-state index in [1.54, 1.807) is 6.07 Å². The Kier molecular flexibility index (Phi) is 6.59. The maximum atomic E-state index is 13.9. The largest absolute Gasteiger partial charge is 0.465 e. The molecule has 0 radical (unpaired) electrons. The number of ether oxygens (including phenoxy) is 2. The Bertz CT molecular complexity index is 1090. The number of esters is 2. The minimum Gasteiger partial charge on any atom is -0.455 e. The van der Waals surface area contributed by atoms with E-state index in [4.69, 9.17) is 14.0 Å². The van der Waals surface area contributed by atoms with Crippen molar-refractivity contribution in [2.75, 3.05) is 0 Å². The van der Waals surface area contributed by atoms with Crippen LogP contribution in [0.25, 0.3) is 0 Å². The molecule has 0 spiro atoms. The molecular weight excluding hydrogens is 791 g/mol. The van der Waals surface area contributed by atoms with Crippen LogP contribution in [-0.4, -0.2) is 41.4 Å². The summed E-state index contributed by atoms with van der Waals surface area (Å²) in [5.74, 6) is -2.85. The Labute approximate surface area is 223 Å². The maximum Gasteiger partial charge on any atom is 0.465 e. The van der Waals surface area contributed by atoms with Crippen LogP contribution in [0.3, 0.4) is 0 Å². The van der Waals surface area contributed by atoms with Crippen LogP contribution in [0.4, 0.5) is 8.78 Å². The van der Waals surface area contributed by atoms with Crippen molar-refractivity contribution >= 4 is 89.8 Å². The van der Waals surface area contributed by atoms with Crippen molar-refractivity contribution in [2.24, 2.45) is 11.8 Å². The average molecular weight is 808 g/mol. The molecular formula is C19H17F2I3O7S. The second-order valence-electron chi connectivity index (χ2n) is 8.85. The summed E-state index contributed by atoms with van der Waals surface area (Å²) >= 11 is 6.30. The van der Waals surface area contributed by atoms with Crippen molar-refractivity contribution in [2.45, 2.75) is 55.0 Å². The highest BCUT2D eigenvalue weighted by Gasteiger charge is 2.64. The molecule has 1 aromatic carbocycles. The van der Waals surface area contributed by atoms with E-state index in [1.807, 2.05) is 6.07 Å². The normalized spacial score (nSPS) is 31.4. The van der Waals surface area contributed by atoms with E-state index in [0.29, 0.717) is 18.4 Å². The number of hydrogen-bond donors (Lipinski definition) is 1. The SMILES string of the molecule is O=C(OC12CC3CC(C1)CC(OC(=O)C(F)(F)S(=O)(=O)O)(C3)C2)c1cc(I)cc(I)c1I. The molecule has 176 valence electrons. The zero-order valence-corrected chi connectivity index (χ0v) is 23.5. The third kappa shape index (κ3) is 4.53. The molecule has 2 unspecified atom stereocenters. The fourth-order valence-electron chi connectivity index (χ4n) is 5.65. The van der Waals surface area contributed by atoms with Crippen molar-refractivity contribution < 1.29 is 40.8 Å². The van der Waals surface area contributed by atoms with Crippen LogP contribution in [0, 0.1) is 22.5 Å². The zero-order valence-electron chi connectivity index (χ0n) is 16.2. The highest BCUT2D eigenvalue weighted by Crippen LogP contribution is 2.60. The third-order valence-electron chi connectivity index (χ3n) is 6.35. The first-order valence-electron chi connectivity index (χ1n) is 9.62. The first kappa shape index (κ1) is 25.2. The molecule has 0 amide bonds. The van der Waals surface area contributed by atoms with E-state index in [0.717, 1.165) is 17.1 Å². The van der Waals surface area contributed by atoms with Gasteiger partial charge in [-0.2, -0.15) is 17.2 Å². The summed E-state index contributed by atoms with van der Waals surface area (Å²) in [6.07, 6.45) is 2.45. The van der Waals surface area contributed by atoms with Crippen LogP contribution >= 0.6 is 67.8 Å². The molecule has 13 heteroatoms. The van der Waals surface area contributed by atoms with Crippen LogP contribution in [0.2, 0.25) is 0 Å². The van der Waals surface area contributed by atoms with Gasteiger partial charge in [-0.3, -0.25) is 4.55 Å². The van der Waals surface area contributed by atoms with Gasteiger partial charge in [0.05, 0.1) is 5.56 Å². The van der Waals surface area contributed by atoms with Gasteiger partial charge < -0.3 is 9.47 Å². The Hall–Kier alpha value is 0.120. The summed E-state index contributed by atoms with van der Waals surface area (Å²) in [6, 6.07) is 3.64. The molecule has 4 bridgehead atoms. The van der Waals surface area contributed by atoms with Crippen LogP contribution < -0.4 is 0 Å². The molecule has 7 nitrogen and oxygen atoms in total. The highest BCUT2D eigenvalue weighted by atomic mass is 127. The predicted octanol–water partition coefficient (Wildman–Crippen LogP) is 4.77. The van der Waals surface area contributed by atoms with Gasteiger partial charge in [0.25, 0.3) is 0 Å². The van der Waals surface area contributed by atoms with E-state index in [9.17, 15) is 26.8 Å². The fraction of sp³-hybridized carbons (Fsp3) is 0.579. The number of halogens is 5. The summed E-state index contributed by atoms with van der Waals surface area (Å²) in [6.45, 7) is 0. The van der Waals surface area contributed by atoms with Crippen LogP contribution in [-0.2, 0) is 24.4 Å². The zero-order chi connectivity index (χ0) is 23.7. The molecule has 4 saturated carbocycles. The van der Waals surface area contributed by atoms with Crippen molar-refractivity contribution in [1.82, 2.24) is 0 Å². The lowest BCUT2D eigenvalue weighted by atomic mass is 9.52. The Morgan fingerprint density at radius 3 is 2.09 bits per heavy atom. The minimum atomic E-state index is -5.96. The lowest BCUT2D eigenvalue weighted by molar-refractivity contribution is -0.228. The van der Waals surface area contributed by atoms with Gasteiger partial charge in [-0.25, -0.2) is 9.59 Å². The Morgan fingerprint density at radius 2 is 1.56 bits per heavy atom. The molecule has 1 N–H and O–H groups in total. The third-order valence-corrected chi connectivity index (χ3v) is 10.8. The molecule has 5 rings (SSSR count). The Balaban J connectivity index is 1.60. The van der Waals surface area contributed by atoms with E-state index in [-0.39, 0.29) is 31.1 Å². The van der Waals surface area contributed by atoms with Gasteiger partial charge in [-0.1, -0.05) is 0 Å². The van der Waals surface area contributed by atoms with Gasteiger partial charge in [0.1, 0.15) is 11.2 Å². The smallest absolute Gasteiger partial charge is 0.455 e. The van der Waals surface area contributed by atoms with Crippen LogP contribution in [0.1, 0.15) is 48.9 Å². The number of carbonyl (C=O) groups excluding carboxylic acids is 2. The van der Waals surface area contributed by atoms with Crippen molar-refractivity contribution in [3.63, 3.8) is 0 Å². The second kappa shape index (κ2) is 8.36.